The Kier molecular flexibility index (Phi) is 10.1. The van der Waals surface area contributed by atoms with Crippen LogP contribution in [0.3, 0.4) is 0 Å². The summed E-state index contributed by atoms with van der Waals surface area (Å²) >= 11 is 0. The summed E-state index contributed by atoms with van der Waals surface area (Å²) in [5.74, 6) is -1.45. The monoisotopic (exact) mass is 490 g/mol. The topological polar surface area (TPSA) is 117 Å². The number of hydrogen-bond acceptors (Lipinski definition) is 6. The molecule has 2 atom stereocenters. The molecule has 3 aromatic rings. The molecule has 3 aromatic carbocycles. The van der Waals surface area contributed by atoms with E-state index in [1.165, 1.54) is 0 Å². The molecule has 9 heteroatoms. The number of nitrogens with one attached hydrogen (secondary N) is 2. The lowest BCUT2D eigenvalue weighted by molar-refractivity contribution is -0.137. The van der Waals surface area contributed by atoms with Gasteiger partial charge in [-0.15, -0.1) is 0 Å². The third-order valence-corrected chi connectivity index (χ3v) is 5.65. The zero-order valence-corrected chi connectivity index (χ0v) is 20.4. The Morgan fingerprint density at radius 3 is 2.19 bits per heavy atom. The first-order valence-electron chi connectivity index (χ1n) is 11.7. The number of benzene rings is 3. The summed E-state index contributed by atoms with van der Waals surface area (Å²) in [6, 6.07) is 24.0. The quantitative estimate of drug-likeness (QED) is 0.176. The summed E-state index contributed by atoms with van der Waals surface area (Å²) in [6.07, 6.45) is -0.701. The molecule has 188 valence electrons. The summed E-state index contributed by atoms with van der Waals surface area (Å²) in [5.41, 5.74) is 3.53. The van der Waals surface area contributed by atoms with Gasteiger partial charge >= 0.3 is 7.32 Å². The van der Waals surface area contributed by atoms with Crippen molar-refractivity contribution in [3.8, 4) is 5.75 Å². The van der Waals surface area contributed by atoms with Crippen LogP contribution in [0.1, 0.15) is 22.3 Å². The highest BCUT2D eigenvalue weighted by Gasteiger charge is 2.30. The molecule has 8 nitrogen and oxygen atoms in total. The number of carbonyl (C=O) groups is 2. The molecule has 0 aliphatic carbocycles. The van der Waals surface area contributed by atoms with Crippen molar-refractivity contribution in [2.45, 2.75) is 32.5 Å². The van der Waals surface area contributed by atoms with E-state index in [9.17, 15) is 19.6 Å². The predicted octanol–water partition coefficient (Wildman–Crippen LogP) is 2.15. The highest BCUT2D eigenvalue weighted by molar-refractivity contribution is 6.32. The number of ether oxygens (including phenoxy) is 1. The first-order chi connectivity index (χ1) is 17.3. The molecule has 0 spiro atoms. The molecule has 0 bridgehead atoms. The number of rotatable bonds is 12. The smallest absolute Gasteiger partial charge is 0.497 e. The average Bonchev–Trinajstić information content (AvgIpc) is 2.87. The zero-order valence-electron chi connectivity index (χ0n) is 20.4. The fourth-order valence-electron chi connectivity index (χ4n) is 3.73. The number of hydrogen-bond donors (Lipinski definition) is 4. The van der Waals surface area contributed by atoms with Crippen LogP contribution in [0.15, 0.2) is 78.9 Å². The zero-order chi connectivity index (χ0) is 25.9. The third-order valence-electron chi connectivity index (χ3n) is 5.65. The highest BCUT2D eigenvalue weighted by Crippen LogP contribution is 2.15. The number of methoxy groups -OCH3 is 1. The molecule has 36 heavy (non-hydrogen) atoms. The lowest BCUT2D eigenvalue weighted by Crippen LogP contribution is -2.48. The van der Waals surface area contributed by atoms with Crippen LogP contribution in [0.4, 0.5) is 0 Å². The second kappa shape index (κ2) is 13.4. The maximum Gasteiger partial charge on any atom is 0.635 e. The first kappa shape index (κ1) is 26.9. The van der Waals surface area contributed by atoms with Crippen molar-refractivity contribution in [3.63, 3.8) is 0 Å². The van der Waals surface area contributed by atoms with E-state index in [4.69, 9.17) is 9.39 Å². The molecular weight excluding hydrogens is 459 g/mol. The normalized spacial score (nSPS) is 12.3. The summed E-state index contributed by atoms with van der Waals surface area (Å²) in [7, 11) is -0.522. The molecule has 0 radical (unpaired) electrons. The predicted molar refractivity (Wildman–Crippen MR) is 137 cm³/mol. The Morgan fingerprint density at radius 2 is 1.53 bits per heavy atom. The van der Waals surface area contributed by atoms with Gasteiger partial charge in [0, 0.05) is 13.0 Å². The number of aryl methyl sites for hydroxylation is 1. The van der Waals surface area contributed by atoms with Gasteiger partial charge in [0.25, 0.3) is 0 Å². The standard InChI is InChI=1S/C27H31BN2O6/c1-19-11-13-21(14-12-19)17-25(36-28(33)34)30-27(32)24(16-20-7-4-3-5-8-20)26(31)29-18-22-9-6-10-23(15-22)35-2/h3-15,24-25,33-34H,16-18H2,1-2H3,(H,29,31)(H,30,32)/t24?,25-/m1/s1. The molecule has 0 aliphatic heterocycles. The lowest BCUT2D eigenvalue weighted by atomic mass is 9.97. The van der Waals surface area contributed by atoms with E-state index in [1.807, 2.05) is 73.7 Å². The number of carbonyl (C=O) groups excluding carboxylic acids is 2. The number of amides is 2. The van der Waals surface area contributed by atoms with Gasteiger partial charge in [-0.25, -0.2) is 0 Å². The van der Waals surface area contributed by atoms with Crippen LogP contribution in [0.2, 0.25) is 0 Å². The van der Waals surface area contributed by atoms with E-state index < -0.39 is 31.3 Å². The fourth-order valence-corrected chi connectivity index (χ4v) is 3.73. The summed E-state index contributed by atoms with van der Waals surface area (Å²) in [6.45, 7) is 2.17. The Hall–Kier alpha value is -3.66. The molecule has 0 saturated carbocycles. The summed E-state index contributed by atoms with van der Waals surface area (Å²) in [4.78, 5) is 26.5. The Labute approximate surface area is 211 Å². The molecular formula is C27H31BN2O6. The molecule has 0 fully saturated rings. The maximum atomic E-state index is 13.3. The molecule has 4 N–H and O–H groups in total. The Balaban J connectivity index is 1.75. The van der Waals surface area contributed by atoms with Gasteiger partial charge in [-0.05, 0) is 42.2 Å². The van der Waals surface area contributed by atoms with Gasteiger partial charge in [-0.3, -0.25) is 9.59 Å². The molecule has 0 aromatic heterocycles. The minimum atomic E-state index is -2.09. The van der Waals surface area contributed by atoms with Crippen molar-refractivity contribution < 1.29 is 29.0 Å². The van der Waals surface area contributed by atoms with Crippen LogP contribution in [-0.4, -0.2) is 42.5 Å². The highest BCUT2D eigenvalue weighted by atomic mass is 16.6. The Morgan fingerprint density at radius 1 is 0.861 bits per heavy atom. The van der Waals surface area contributed by atoms with E-state index >= 15 is 0 Å². The van der Waals surface area contributed by atoms with Crippen molar-refractivity contribution in [1.29, 1.82) is 0 Å². The van der Waals surface area contributed by atoms with Gasteiger partial charge in [0.1, 0.15) is 17.9 Å². The van der Waals surface area contributed by atoms with Crippen LogP contribution in [-0.2, 0) is 33.6 Å². The molecule has 0 heterocycles. The molecule has 1 unspecified atom stereocenters. The third kappa shape index (κ3) is 8.53. The van der Waals surface area contributed by atoms with Crippen LogP contribution in [0.5, 0.6) is 5.75 Å². The molecule has 2 amide bonds. The van der Waals surface area contributed by atoms with E-state index in [0.717, 1.165) is 22.3 Å². The van der Waals surface area contributed by atoms with E-state index in [-0.39, 0.29) is 19.4 Å². The van der Waals surface area contributed by atoms with Crippen molar-refractivity contribution in [2.75, 3.05) is 7.11 Å². The van der Waals surface area contributed by atoms with Crippen LogP contribution < -0.4 is 15.4 Å². The van der Waals surface area contributed by atoms with Crippen molar-refractivity contribution >= 4 is 19.1 Å². The van der Waals surface area contributed by atoms with Crippen LogP contribution in [0.25, 0.3) is 0 Å². The van der Waals surface area contributed by atoms with Gasteiger partial charge in [-0.2, -0.15) is 0 Å². The van der Waals surface area contributed by atoms with Crippen molar-refractivity contribution in [3.05, 3.63) is 101 Å². The first-order valence-corrected chi connectivity index (χ1v) is 11.7. The summed E-state index contributed by atoms with van der Waals surface area (Å²) < 4.78 is 10.3. The van der Waals surface area contributed by atoms with Gasteiger partial charge in [-0.1, -0.05) is 72.3 Å². The van der Waals surface area contributed by atoms with Crippen molar-refractivity contribution in [2.24, 2.45) is 5.92 Å². The van der Waals surface area contributed by atoms with Gasteiger partial charge in [0.05, 0.1) is 7.11 Å². The largest absolute Gasteiger partial charge is 0.635 e. The minimum absolute atomic E-state index is 0.162. The second-order valence-electron chi connectivity index (χ2n) is 8.46. The minimum Gasteiger partial charge on any atom is -0.497 e. The van der Waals surface area contributed by atoms with E-state index in [0.29, 0.717) is 5.75 Å². The fraction of sp³-hybridized carbons (Fsp3) is 0.259. The van der Waals surface area contributed by atoms with E-state index in [2.05, 4.69) is 10.6 Å². The van der Waals surface area contributed by atoms with Gasteiger partial charge in [0.15, 0.2) is 0 Å². The average molecular weight is 490 g/mol. The molecule has 3 rings (SSSR count). The molecule has 0 aliphatic rings. The SMILES string of the molecule is COc1cccc(CNC(=O)C(Cc2ccccc2)C(=O)N[C@@H](Cc2ccc(C)cc2)OB(O)O)c1. The second-order valence-corrected chi connectivity index (χ2v) is 8.46. The van der Waals surface area contributed by atoms with Crippen LogP contribution in [0, 0.1) is 12.8 Å². The Bertz CT molecular complexity index is 1120. The van der Waals surface area contributed by atoms with Gasteiger partial charge in [0.2, 0.25) is 11.8 Å². The maximum absolute atomic E-state index is 13.3. The van der Waals surface area contributed by atoms with E-state index in [1.54, 1.807) is 19.2 Å². The summed E-state index contributed by atoms with van der Waals surface area (Å²) in [5, 5.41) is 24.3. The van der Waals surface area contributed by atoms with Gasteiger partial charge < -0.3 is 30.1 Å². The lowest BCUT2D eigenvalue weighted by Gasteiger charge is -2.23. The van der Waals surface area contributed by atoms with Crippen LogP contribution >= 0.6 is 0 Å². The van der Waals surface area contributed by atoms with Crippen molar-refractivity contribution in [1.82, 2.24) is 10.6 Å². The molecule has 0 saturated heterocycles.